The number of rotatable bonds is 7. The summed E-state index contributed by atoms with van der Waals surface area (Å²) in [6.45, 7) is 9.06. The number of ether oxygens (including phenoxy) is 1. The molecule has 1 aliphatic rings. The second kappa shape index (κ2) is 13.0. The minimum Gasteiger partial charge on any atom is -0.379 e. The molecule has 142 valence electrons. The van der Waals surface area contributed by atoms with Crippen LogP contribution >= 0.6 is 47.2 Å². The van der Waals surface area contributed by atoms with Crippen molar-refractivity contribution in [2.75, 3.05) is 52.5 Å². The van der Waals surface area contributed by atoms with Gasteiger partial charge in [0.15, 0.2) is 5.96 Å². The molecule has 2 rings (SSSR count). The molecule has 0 radical (unpaired) electrons. The van der Waals surface area contributed by atoms with Gasteiger partial charge in [0.1, 0.15) is 0 Å². The number of nitrogens with zero attached hydrogens (tertiary/aromatic N) is 2. The average molecular weight is 501 g/mol. The zero-order valence-corrected chi connectivity index (χ0v) is 18.4. The van der Waals surface area contributed by atoms with Gasteiger partial charge in [-0.05, 0) is 37.1 Å². The van der Waals surface area contributed by atoms with Crippen molar-refractivity contribution in [3.8, 4) is 0 Å². The zero-order chi connectivity index (χ0) is 17.2. The molecule has 1 saturated heterocycles. The van der Waals surface area contributed by atoms with Crippen molar-refractivity contribution < 1.29 is 4.74 Å². The number of aliphatic imine (C=N–C) groups is 1. The summed E-state index contributed by atoms with van der Waals surface area (Å²) in [4.78, 5) is 7.01. The summed E-state index contributed by atoms with van der Waals surface area (Å²) >= 11 is 12.1. The molecule has 1 fully saturated rings. The molecular weight excluding hydrogens is 474 g/mol. The van der Waals surface area contributed by atoms with E-state index < -0.39 is 0 Å². The Labute approximate surface area is 177 Å². The maximum absolute atomic E-state index is 6.03. The van der Waals surface area contributed by atoms with Gasteiger partial charge in [0.2, 0.25) is 0 Å². The van der Waals surface area contributed by atoms with Crippen molar-refractivity contribution in [3.05, 3.63) is 33.8 Å². The number of benzene rings is 1. The minimum atomic E-state index is 0. The summed E-state index contributed by atoms with van der Waals surface area (Å²) in [5.74, 6) is 0.846. The lowest BCUT2D eigenvalue weighted by atomic mass is 10.1. The van der Waals surface area contributed by atoms with E-state index in [1.807, 2.05) is 12.1 Å². The monoisotopic (exact) mass is 500 g/mol. The highest BCUT2D eigenvalue weighted by molar-refractivity contribution is 14.0. The number of hydrogen-bond acceptors (Lipinski definition) is 3. The fraction of sp³-hybridized carbons (Fsp3) is 0.588. The fourth-order valence-electron chi connectivity index (χ4n) is 2.55. The van der Waals surface area contributed by atoms with Crippen LogP contribution in [-0.2, 0) is 11.2 Å². The Morgan fingerprint density at radius 3 is 2.48 bits per heavy atom. The van der Waals surface area contributed by atoms with E-state index >= 15 is 0 Å². The van der Waals surface area contributed by atoms with Gasteiger partial charge in [0.25, 0.3) is 0 Å². The Balaban J connectivity index is 0.00000312. The van der Waals surface area contributed by atoms with Crippen molar-refractivity contribution in [1.82, 2.24) is 15.5 Å². The first-order valence-corrected chi connectivity index (χ1v) is 9.20. The largest absolute Gasteiger partial charge is 0.379 e. The van der Waals surface area contributed by atoms with Crippen LogP contribution in [0.1, 0.15) is 12.5 Å². The summed E-state index contributed by atoms with van der Waals surface area (Å²) in [5, 5.41) is 7.97. The molecule has 1 aromatic rings. The molecule has 25 heavy (non-hydrogen) atoms. The molecule has 0 aliphatic carbocycles. The summed E-state index contributed by atoms with van der Waals surface area (Å²) in [7, 11) is 0. The van der Waals surface area contributed by atoms with E-state index in [1.165, 1.54) is 0 Å². The number of guanidine groups is 1. The predicted octanol–water partition coefficient (Wildman–Crippen LogP) is 3.04. The van der Waals surface area contributed by atoms with Crippen molar-refractivity contribution in [3.63, 3.8) is 0 Å². The molecular formula is C17H27Cl2IN4O. The van der Waals surface area contributed by atoms with E-state index in [0.717, 1.165) is 70.4 Å². The van der Waals surface area contributed by atoms with Gasteiger partial charge in [0, 0.05) is 42.8 Å². The average Bonchev–Trinajstić information content (AvgIpc) is 2.55. The van der Waals surface area contributed by atoms with E-state index in [9.17, 15) is 0 Å². The zero-order valence-electron chi connectivity index (χ0n) is 14.6. The second-order valence-electron chi connectivity index (χ2n) is 5.67. The summed E-state index contributed by atoms with van der Waals surface area (Å²) in [5.41, 5.74) is 1.11. The third kappa shape index (κ3) is 9.28. The lowest BCUT2D eigenvalue weighted by Crippen LogP contribution is -2.40. The normalized spacial score (nSPS) is 15.6. The molecule has 0 bridgehead atoms. The van der Waals surface area contributed by atoms with Crippen LogP contribution in [0.15, 0.2) is 23.2 Å². The number of hydrogen-bond donors (Lipinski definition) is 2. The molecule has 0 saturated carbocycles. The predicted molar refractivity (Wildman–Crippen MR) is 117 cm³/mol. The van der Waals surface area contributed by atoms with Gasteiger partial charge >= 0.3 is 0 Å². The molecule has 0 atom stereocenters. The summed E-state index contributed by atoms with van der Waals surface area (Å²) in [6.07, 6.45) is 0.841. The van der Waals surface area contributed by atoms with Crippen molar-refractivity contribution in [1.29, 1.82) is 0 Å². The lowest BCUT2D eigenvalue weighted by Gasteiger charge is -2.25. The van der Waals surface area contributed by atoms with Gasteiger partial charge in [-0.15, -0.1) is 24.0 Å². The standard InChI is InChI=1S/C17H26Cl2N4O.HI/c1-2-20-17(22-5-6-23-7-9-24-10-8-23)21-4-3-14-11-15(18)13-16(19)12-14;/h11-13H,2-10H2,1H3,(H2,20,21,22);1H. The molecule has 0 spiro atoms. The first kappa shape index (κ1) is 22.8. The van der Waals surface area contributed by atoms with Gasteiger partial charge < -0.3 is 15.4 Å². The quantitative estimate of drug-likeness (QED) is 0.343. The first-order chi connectivity index (χ1) is 11.7. The Hall–Kier alpha value is -0.280. The van der Waals surface area contributed by atoms with Crippen LogP contribution in [0, 0.1) is 0 Å². The number of nitrogens with one attached hydrogen (secondary N) is 2. The van der Waals surface area contributed by atoms with Crippen LogP contribution in [0.4, 0.5) is 0 Å². The maximum atomic E-state index is 6.03. The molecule has 0 amide bonds. The molecule has 0 aromatic heterocycles. The van der Waals surface area contributed by atoms with Crippen LogP contribution in [0.3, 0.4) is 0 Å². The summed E-state index contributed by atoms with van der Waals surface area (Å²) in [6, 6.07) is 5.63. The summed E-state index contributed by atoms with van der Waals surface area (Å²) < 4.78 is 5.36. The van der Waals surface area contributed by atoms with E-state index in [1.54, 1.807) is 6.07 Å². The van der Waals surface area contributed by atoms with Gasteiger partial charge in [-0.1, -0.05) is 23.2 Å². The van der Waals surface area contributed by atoms with E-state index in [4.69, 9.17) is 27.9 Å². The first-order valence-electron chi connectivity index (χ1n) is 8.44. The molecule has 1 aliphatic heterocycles. The highest BCUT2D eigenvalue weighted by atomic mass is 127. The lowest BCUT2D eigenvalue weighted by molar-refractivity contribution is 0.0394. The topological polar surface area (TPSA) is 48.9 Å². The molecule has 1 aromatic carbocycles. The Bertz CT molecular complexity index is 519. The van der Waals surface area contributed by atoms with Crippen LogP contribution in [0.5, 0.6) is 0 Å². The fourth-order valence-corrected chi connectivity index (χ4v) is 3.12. The van der Waals surface area contributed by atoms with Gasteiger partial charge in [-0.2, -0.15) is 0 Å². The minimum absolute atomic E-state index is 0. The number of morpholine rings is 1. The van der Waals surface area contributed by atoms with E-state index in [0.29, 0.717) is 10.0 Å². The Morgan fingerprint density at radius 1 is 1.16 bits per heavy atom. The van der Waals surface area contributed by atoms with Crippen LogP contribution < -0.4 is 10.6 Å². The molecule has 1 heterocycles. The Morgan fingerprint density at radius 2 is 1.84 bits per heavy atom. The maximum Gasteiger partial charge on any atom is 0.191 e. The SMILES string of the molecule is CCNC(=NCCN1CCOCC1)NCCc1cc(Cl)cc(Cl)c1.I. The number of halogens is 3. The third-order valence-electron chi connectivity index (χ3n) is 3.76. The molecule has 8 heteroatoms. The third-order valence-corrected chi connectivity index (χ3v) is 4.20. The highest BCUT2D eigenvalue weighted by Crippen LogP contribution is 2.19. The van der Waals surface area contributed by atoms with E-state index in [-0.39, 0.29) is 24.0 Å². The second-order valence-corrected chi connectivity index (χ2v) is 6.54. The van der Waals surface area contributed by atoms with Crippen molar-refractivity contribution in [2.45, 2.75) is 13.3 Å². The van der Waals surface area contributed by atoms with Gasteiger partial charge in [-0.25, -0.2) is 0 Å². The van der Waals surface area contributed by atoms with Gasteiger partial charge in [-0.3, -0.25) is 9.89 Å². The molecule has 2 N–H and O–H groups in total. The van der Waals surface area contributed by atoms with Crippen LogP contribution in [0.2, 0.25) is 10.0 Å². The highest BCUT2D eigenvalue weighted by Gasteiger charge is 2.09. The van der Waals surface area contributed by atoms with Crippen molar-refractivity contribution in [2.24, 2.45) is 4.99 Å². The molecule has 5 nitrogen and oxygen atoms in total. The van der Waals surface area contributed by atoms with Crippen molar-refractivity contribution >= 4 is 53.1 Å². The van der Waals surface area contributed by atoms with Crippen LogP contribution in [0.25, 0.3) is 0 Å². The van der Waals surface area contributed by atoms with E-state index in [2.05, 4.69) is 27.4 Å². The Kier molecular flexibility index (Phi) is 11.8. The van der Waals surface area contributed by atoms with Gasteiger partial charge in [0.05, 0.1) is 19.8 Å². The smallest absolute Gasteiger partial charge is 0.191 e. The molecule has 0 unspecified atom stereocenters. The van der Waals surface area contributed by atoms with Crippen LogP contribution in [-0.4, -0.2) is 63.3 Å².